The van der Waals surface area contributed by atoms with Crippen molar-refractivity contribution in [1.29, 1.82) is 0 Å². The summed E-state index contributed by atoms with van der Waals surface area (Å²) in [5.41, 5.74) is 4.69. The average molecular weight is 263 g/mol. The molecule has 0 spiro atoms. The Labute approximate surface area is 118 Å². The topological polar surface area (TPSA) is 40.7 Å². The van der Waals surface area contributed by atoms with Gasteiger partial charge in [0.2, 0.25) is 0 Å². The molecule has 0 aliphatic heterocycles. The molecule has 0 unspecified atom stereocenters. The molecule has 0 saturated heterocycles. The summed E-state index contributed by atoms with van der Waals surface area (Å²) in [6.07, 6.45) is 0. The van der Waals surface area contributed by atoms with Crippen LogP contribution in [0.3, 0.4) is 0 Å². The molecule has 2 aromatic carbocycles. The van der Waals surface area contributed by atoms with E-state index in [9.17, 15) is 0 Å². The van der Waals surface area contributed by atoms with Crippen LogP contribution in [0.25, 0.3) is 11.3 Å². The largest absolute Gasteiger partial charge is 0.365 e. The van der Waals surface area contributed by atoms with Crippen molar-refractivity contribution in [2.24, 2.45) is 0 Å². The summed E-state index contributed by atoms with van der Waals surface area (Å²) < 4.78 is 0. The Morgan fingerprint density at radius 2 is 1.75 bits per heavy atom. The van der Waals surface area contributed by atoms with E-state index in [0.29, 0.717) is 0 Å². The normalized spacial score (nSPS) is 10.4. The summed E-state index contributed by atoms with van der Waals surface area (Å²) in [6.45, 7) is 2.87. The van der Waals surface area contributed by atoms with E-state index in [4.69, 9.17) is 0 Å². The lowest BCUT2D eigenvalue weighted by molar-refractivity contribution is 1.05. The van der Waals surface area contributed by atoms with Crippen LogP contribution >= 0.6 is 0 Å². The quantitative estimate of drug-likeness (QED) is 0.747. The van der Waals surface area contributed by atoms with E-state index in [0.717, 1.165) is 23.6 Å². The fraction of sp³-hybridized carbons (Fsp3) is 0.118. The fourth-order valence-electron chi connectivity index (χ4n) is 2.08. The number of aromatic amines is 1. The Balaban J connectivity index is 1.67. The van der Waals surface area contributed by atoms with Crippen molar-refractivity contribution in [3.05, 3.63) is 71.8 Å². The minimum atomic E-state index is 0.777. The lowest BCUT2D eigenvalue weighted by atomic mass is 10.1. The van der Waals surface area contributed by atoms with Crippen LogP contribution in [-0.4, -0.2) is 10.2 Å². The highest BCUT2D eigenvalue weighted by Gasteiger charge is 2.02. The molecule has 1 aromatic heterocycles. The Morgan fingerprint density at radius 3 is 2.50 bits per heavy atom. The van der Waals surface area contributed by atoms with Gasteiger partial charge in [0.05, 0.1) is 5.69 Å². The highest BCUT2D eigenvalue weighted by atomic mass is 15.2. The van der Waals surface area contributed by atoms with Gasteiger partial charge >= 0.3 is 0 Å². The molecule has 20 heavy (non-hydrogen) atoms. The smallest absolute Gasteiger partial charge is 0.148 e. The molecule has 2 N–H and O–H groups in total. The van der Waals surface area contributed by atoms with Crippen LogP contribution in [0.4, 0.5) is 5.82 Å². The molecule has 3 heteroatoms. The first-order valence-corrected chi connectivity index (χ1v) is 6.71. The fourth-order valence-corrected chi connectivity index (χ4v) is 2.08. The van der Waals surface area contributed by atoms with Crippen LogP contribution < -0.4 is 5.32 Å². The summed E-state index contributed by atoms with van der Waals surface area (Å²) in [6, 6.07) is 20.7. The number of nitrogens with one attached hydrogen (secondary N) is 2. The number of nitrogens with zero attached hydrogens (tertiary/aromatic N) is 1. The molecule has 0 aliphatic carbocycles. The zero-order valence-electron chi connectivity index (χ0n) is 11.4. The van der Waals surface area contributed by atoms with Crippen molar-refractivity contribution in [1.82, 2.24) is 10.2 Å². The molecular weight excluding hydrogens is 246 g/mol. The third-order valence-corrected chi connectivity index (χ3v) is 3.26. The number of anilines is 1. The monoisotopic (exact) mass is 263 g/mol. The van der Waals surface area contributed by atoms with Gasteiger partial charge in [-0.3, -0.25) is 5.10 Å². The maximum Gasteiger partial charge on any atom is 0.148 e. The van der Waals surface area contributed by atoms with Gasteiger partial charge in [0.25, 0.3) is 0 Å². The first-order chi connectivity index (χ1) is 9.81. The van der Waals surface area contributed by atoms with Crippen molar-refractivity contribution < 1.29 is 0 Å². The molecule has 0 bridgehead atoms. The van der Waals surface area contributed by atoms with Crippen molar-refractivity contribution >= 4 is 5.82 Å². The zero-order valence-corrected chi connectivity index (χ0v) is 11.4. The van der Waals surface area contributed by atoms with Crippen LogP contribution in [0.5, 0.6) is 0 Å². The molecule has 100 valence electrons. The third-order valence-electron chi connectivity index (χ3n) is 3.26. The Bertz CT molecular complexity index is 669. The highest BCUT2D eigenvalue weighted by Crippen LogP contribution is 2.19. The first kappa shape index (κ1) is 12.5. The number of hydrogen-bond acceptors (Lipinski definition) is 2. The molecule has 3 aromatic rings. The molecule has 0 aliphatic rings. The van der Waals surface area contributed by atoms with Gasteiger partial charge in [0.15, 0.2) is 0 Å². The molecule has 0 saturated carbocycles. The first-order valence-electron chi connectivity index (χ1n) is 6.71. The van der Waals surface area contributed by atoms with Gasteiger partial charge in [0, 0.05) is 12.6 Å². The Morgan fingerprint density at radius 1 is 1.00 bits per heavy atom. The van der Waals surface area contributed by atoms with E-state index in [1.165, 1.54) is 11.1 Å². The summed E-state index contributed by atoms with van der Waals surface area (Å²) in [4.78, 5) is 0. The minimum absolute atomic E-state index is 0.777. The molecule has 3 nitrogen and oxygen atoms in total. The maximum atomic E-state index is 4.29. The molecule has 1 heterocycles. The van der Waals surface area contributed by atoms with Gasteiger partial charge in [-0.05, 0) is 18.1 Å². The van der Waals surface area contributed by atoms with Gasteiger partial charge in [-0.2, -0.15) is 5.10 Å². The number of hydrogen-bond donors (Lipinski definition) is 2. The van der Waals surface area contributed by atoms with E-state index in [1.807, 2.05) is 24.3 Å². The van der Waals surface area contributed by atoms with Gasteiger partial charge in [-0.15, -0.1) is 0 Å². The summed E-state index contributed by atoms with van der Waals surface area (Å²) in [5.74, 6) is 0.865. The van der Waals surface area contributed by atoms with Gasteiger partial charge in [-0.1, -0.05) is 60.2 Å². The standard InChI is InChI=1S/C17H17N3/c1-13-7-9-14(10-8-13)12-18-17-11-16(19-20-17)15-5-3-2-4-6-15/h2-11H,12H2,1H3,(H2,18,19,20). The molecular formula is C17H17N3. The average Bonchev–Trinajstić information content (AvgIpc) is 2.97. The van der Waals surface area contributed by atoms with E-state index in [2.05, 4.69) is 58.8 Å². The number of H-pyrrole nitrogens is 1. The number of aromatic nitrogens is 2. The maximum absolute atomic E-state index is 4.29. The lowest BCUT2D eigenvalue weighted by Crippen LogP contribution is -1.99. The predicted molar refractivity (Wildman–Crippen MR) is 82.5 cm³/mol. The molecule has 3 rings (SSSR count). The van der Waals surface area contributed by atoms with Crippen LogP contribution in [0, 0.1) is 6.92 Å². The van der Waals surface area contributed by atoms with E-state index >= 15 is 0 Å². The summed E-state index contributed by atoms with van der Waals surface area (Å²) >= 11 is 0. The second-order valence-corrected chi connectivity index (χ2v) is 4.87. The molecule has 0 radical (unpaired) electrons. The SMILES string of the molecule is Cc1ccc(CNc2cc(-c3ccccc3)[nH]n2)cc1. The lowest BCUT2D eigenvalue weighted by Gasteiger charge is -2.03. The second-order valence-electron chi connectivity index (χ2n) is 4.87. The molecule has 0 fully saturated rings. The van der Waals surface area contributed by atoms with Crippen LogP contribution in [0.2, 0.25) is 0 Å². The highest BCUT2D eigenvalue weighted by molar-refractivity contribution is 5.62. The van der Waals surface area contributed by atoms with Crippen molar-refractivity contribution in [3.8, 4) is 11.3 Å². The van der Waals surface area contributed by atoms with Gasteiger partial charge in [-0.25, -0.2) is 0 Å². The zero-order chi connectivity index (χ0) is 13.8. The summed E-state index contributed by atoms with van der Waals surface area (Å²) in [5, 5.41) is 10.7. The van der Waals surface area contributed by atoms with Crippen molar-refractivity contribution in [2.45, 2.75) is 13.5 Å². The predicted octanol–water partition coefficient (Wildman–Crippen LogP) is 4.00. The molecule has 0 amide bonds. The summed E-state index contributed by atoms with van der Waals surface area (Å²) in [7, 11) is 0. The Hall–Kier alpha value is -2.55. The Kier molecular flexibility index (Phi) is 3.50. The van der Waals surface area contributed by atoms with Crippen molar-refractivity contribution in [2.75, 3.05) is 5.32 Å². The number of rotatable bonds is 4. The van der Waals surface area contributed by atoms with Crippen LogP contribution in [-0.2, 0) is 6.54 Å². The number of benzene rings is 2. The second kappa shape index (κ2) is 5.61. The van der Waals surface area contributed by atoms with Crippen LogP contribution in [0.15, 0.2) is 60.7 Å². The van der Waals surface area contributed by atoms with Gasteiger partial charge < -0.3 is 5.32 Å². The van der Waals surface area contributed by atoms with Crippen molar-refractivity contribution in [3.63, 3.8) is 0 Å². The number of aryl methyl sites for hydroxylation is 1. The molecule has 0 atom stereocenters. The minimum Gasteiger partial charge on any atom is -0.365 e. The van der Waals surface area contributed by atoms with E-state index in [1.54, 1.807) is 0 Å². The third kappa shape index (κ3) is 2.88. The van der Waals surface area contributed by atoms with E-state index in [-0.39, 0.29) is 0 Å². The van der Waals surface area contributed by atoms with Crippen LogP contribution in [0.1, 0.15) is 11.1 Å². The van der Waals surface area contributed by atoms with Gasteiger partial charge in [0.1, 0.15) is 5.82 Å². The van der Waals surface area contributed by atoms with E-state index < -0.39 is 0 Å².